The van der Waals surface area contributed by atoms with E-state index >= 15 is 0 Å². The lowest BCUT2D eigenvalue weighted by molar-refractivity contribution is -0.136. The number of ether oxygens (including phenoxy) is 1. The average Bonchev–Trinajstić information content (AvgIpc) is 3.54. The fourth-order valence-corrected chi connectivity index (χ4v) is 5.52. The second kappa shape index (κ2) is 10.8. The highest BCUT2D eigenvalue weighted by molar-refractivity contribution is 6.03. The molecule has 1 fully saturated rings. The molecule has 3 aliphatic heterocycles. The number of carbonyl (C=O) groups is 3. The number of amides is 4. The number of aryl methyl sites for hydroxylation is 1. The molecular formula is C29H34N4O4. The molecule has 0 radical (unpaired) electrons. The number of likely N-dealkylation sites (N-methyl/N-ethyl adjacent to an activating group) is 1. The van der Waals surface area contributed by atoms with Gasteiger partial charge < -0.3 is 20.3 Å². The van der Waals surface area contributed by atoms with Gasteiger partial charge in [0.25, 0.3) is 5.91 Å². The van der Waals surface area contributed by atoms with E-state index in [-0.39, 0.29) is 30.5 Å². The summed E-state index contributed by atoms with van der Waals surface area (Å²) in [5.41, 5.74) is 4.08. The van der Waals surface area contributed by atoms with Gasteiger partial charge in [0.05, 0.1) is 30.0 Å². The first-order valence-corrected chi connectivity index (χ1v) is 13.1. The van der Waals surface area contributed by atoms with Gasteiger partial charge in [-0.15, -0.1) is 0 Å². The molecule has 2 N–H and O–H groups in total. The number of rotatable bonds is 8. The van der Waals surface area contributed by atoms with Crippen LogP contribution in [0.5, 0.6) is 0 Å². The summed E-state index contributed by atoms with van der Waals surface area (Å²) in [7, 11) is 0. The number of urea groups is 1. The van der Waals surface area contributed by atoms with E-state index in [9.17, 15) is 14.4 Å². The summed E-state index contributed by atoms with van der Waals surface area (Å²) in [5, 5.41) is 6.06. The van der Waals surface area contributed by atoms with Gasteiger partial charge in [-0.05, 0) is 37.8 Å². The maximum absolute atomic E-state index is 14.1. The Bertz CT molecular complexity index is 1210. The highest BCUT2D eigenvalue weighted by atomic mass is 16.5. The van der Waals surface area contributed by atoms with Crippen LogP contribution in [0.4, 0.5) is 4.79 Å². The topological polar surface area (TPSA) is 91.0 Å². The van der Waals surface area contributed by atoms with Crippen LogP contribution >= 0.6 is 0 Å². The number of hydrogen-bond donors (Lipinski definition) is 2. The van der Waals surface area contributed by atoms with E-state index in [0.29, 0.717) is 37.4 Å². The smallest absolute Gasteiger partial charge is 0.322 e. The summed E-state index contributed by atoms with van der Waals surface area (Å²) < 4.78 is 5.68. The molecule has 2 aromatic carbocycles. The minimum atomic E-state index is -0.714. The summed E-state index contributed by atoms with van der Waals surface area (Å²) in [5.74, 6) is -0.421. The lowest BCUT2D eigenvalue weighted by Crippen LogP contribution is -2.51. The Labute approximate surface area is 217 Å². The zero-order chi connectivity index (χ0) is 25.9. The Hall–Kier alpha value is -3.65. The van der Waals surface area contributed by atoms with Crippen LogP contribution in [-0.2, 0) is 20.7 Å². The van der Waals surface area contributed by atoms with Gasteiger partial charge in [-0.3, -0.25) is 14.5 Å². The van der Waals surface area contributed by atoms with Crippen LogP contribution in [0.15, 0.2) is 65.9 Å². The molecule has 3 aliphatic rings. The molecule has 0 aliphatic carbocycles. The largest absolute Gasteiger partial charge is 0.376 e. The van der Waals surface area contributed by atoms with E-state index < -0.39 is 12.1 Å². The molecule has 4 amide bonds. The van der Waals surface area contributed by atoms with E-state index in [0.717, 1.165) is 29.5 Å². The number of benzene rings is 2. The number of hydrogen-bond acceptors (Lipinski definition) is 4. The Kier molecular flexibility index (Phi) is 7.28. The Balaban J connectivity index is 1.46. The summed E-state index contributed by atoms with van der Waals surface area (Å²) >= 11 is 0. The molecule has 5 rings (SSSR count). The zero-order valence-electron chi connectivity index (χ0n) is 21.4. The van der Waals surface area contributed by atoms with Crippen LogP contribution in [0.2, 0.25) is 0 Å². The fraction of sp³-hybridized carbons (Fsp3) is 0.414. The molecule has 3 atom stereocenters. The van der Waals surface area contributed by atoms with Crippen molar-refractivity contribution in [2.75, 3.05) is 26.2 Å². The van der Waals surface area contributed by atoms with Crippen LogP contribution < -0.4 is 10.6 Å². The molecule has 3 heterocycles. The molecule has 2 aromatic rings. The highest BCUT2D eigenvalue weighted by Crippen LogP contribution is 2.37. The van der Waals surface area contributed by atoms with E-state index in [2.05, 4.69) is 10.6 Å². The van der Waals surface area contributed by atoms with Gasteiger partial charge in [0, 0.05) is 26.1 Å². The number of carbonyl (C=O) groups excluding carboxylic acids is 3. The third-order valence-electron chi connectivity index (χ3n) is 7.42. The highest BCUT2D eigenvalue weighted by Gasteiger charge is 2.46. The van der Waals surface area contributed by atoms with Crippen molar-refractivity contribution < 1.29 is 19.1 Å². The summed E-state index contributed by atoms with van der Waals surface area (Å²) in [6, 6.07) is 16.0. The van der Waals surface area contributed by atoms with Crippen molar-refractivity contribution in [1.29, 1.82) is 0 Å². The lowest BCUT2D eigenvalue weighted by Gasteiger charge is -2.33. The molecule has 1 saturated heterocycles. The van der Waals surface area contributed by atoms with Crippen molar-refractivity contribution >= 4 is 17.8 Å². The molecule has 0 aromatic heterocycles. The van der Waals surface area contributed by atoms with E-state index in [1.54, 1.807) is 9.80 Å². The minimum Gasteiger partial charge on any atom is -0.376 e. The molecule has 8 heteroatoms. The van der Waals surface area contributed by atoms with E-state index in [1.807, 2.05) is 68.4 Å². The molecule has 0 bridgehead atoms. The summed E-state index contributed by atoms with van der Waals surface area (Å²) in [6.07, 6.45) is 2.29. The third kappa shape index (κ3) is 5.11. The Morgan fingerprint density at radius 1 is 1.16 bits per heavy atom. The molecule has 8 nitrogen and oxygen atoms in total. The fourth-order valence-electron chi connectivity index (χ4n) is 5.52. The average molecular weight is 503 g/mol. The van der Waals surface area contributed by atoms with Gasteiger partial charge in [-0.25, -0.2) is 4.79 Å². The van der Waals surface area contributed by atoms with Crippen LogP contribution in [0, 0.1) is 6.92 Å². The van der Waals surface area contributed by atoms with Gasteiger partial charge in [0.2, 0.25) is 5.91 Å². The third-order valence-corrected chi connectivity index (χ3v) is 7.42. The number of nitrogens with zero attached hydrogens (tertiary/aromatic N) is 2. The molecular weight excluding hydrogens is 468 g/mol. The maximum Gasteiger partial charge on any atom is 0.322 e. The lowest BCUT2D eigenvalue weighted by atomic mass is 9.94. The second-order valence-electron chi connectivity index (χ2n) is 9.92. The molecule has 0 spiro atoms. The zero-order valence-corrected chi connectivity index (χ0v) is 21.4. The van der Waals surface area contributed by atoms with Crippen molar-refractivity contribution in [1.82, 2.24) is 20.4 Å². The standard InChI is InChI=1S/C29H34N4O4/c1-3-32-24-18-33(28(35)25(24)26(31-29(32)36)21-12-7-9-19(2)15-21)23(16-20-10-5-4-6-11-20)27(34)30-17-22-13-8-14-37-22/h4-7,9-12,15,22-23,26H,3,8,13-14,16-18H2,1-2H3,(H,30,34)(H,31,36)/t22-,23+,26+/m0/s1. The Morgan fingerprint density at radius 3 is 2.68 bits per heavy atom. The predicted octanol–water partition coefficient (Wildman–Crippen LogP) is 3.08. The van der Waals surface area contributed by atoms with Crippen LogP contribution in [-0.4, -0.2) is 66.0 Å². The summed E-state index contributed by atoms with van der Waals surface area (Å²) in [4.78, 5) is 43.9. The van der Waals surface area contributed by atoms with E-state index in [1.165, 1.54) is 0 Å². The molecule has 0 unspecified atom stereocenters. The Morgan fingerprint density at radius 2 is 1.97 bits per heavy atom. The minimum absolute atomic E-state index is 0.00467. The van der Waals surface area contributed by atoms with Gasteiger partial charge >= 0.3 is 6.03 Å². The van der Waals surface area contributed by atoms with Gasteiger partial charge in [-0.1, -0.05) is 60.2 Å². The molecule has 37 heavy (non-hydrogen) atoms. The monoisotopic (exact) mass is 502 g/mol. The molecule has 194 valence electrons. The van der Waals surface area contributed by atoms with Crippen LogP contribution in [0.3, 0.4) is 0 Å². The van der Waals surface area contributed by atoms with Crippen molar-refractivity contribution in [3.63, 3.8) is 0 Å². The van der Waals surface area contributed by atoms with Crippen LogP contribution in [0.1, 0.15) is 42.5 Å². The first kappa shape index (κ1) is 25.0. The first-order valence-electron chi connectivity index (χ1n) is 13.1. The van der Waals surface area contributed by atoms with Crippen molar-refractivity contribution in [2.24, 2.45) is 0 Å². The van der Waals surface area contributed by atoms with Crippen molar-refractivity contribution in [2.45, 2.75) is 51.3 Å². The van der Waals surface area contributed by atoms with Crippen molar-refractivity contribution in [3.8, 4) is 0 Å². The molecule has 0 saturated carbocycles. The van der Waals surface area contributed by atoms with Gasteiger partial charge in [0.15, 0.2) is 0 Å². The predicted molar refractivity (Wildman–Crippen MR) is 139 cm³/mol. The normalized spacial score (nSPS) is 22.2. The van der Waals surface area contributed by atoms with Gasteiger partial charge in [-0.2, -0.15) is 0 Å². The first-order chi connectivity index (χ1) is 18.0. The van der Waals surface area contributed by atoms with Crippen molar-refractivity contribution in [3.05, 3.63) is 82.6 Å². The SMILES string of the molecule is CCN1C(=O)N[C@H](c2cccc(C)c2)C2=C1CN([C@H](Cc1ccccc1)C(=O)NC[C@@H]1CCCO1)C2=O. The quantitative estimate of drug-likeness (QED) is 0.581. The number of nitrogens with one attached hydrogen (secondary N) is 2. The summed E-state index contributed by atoms with van der Waals surface area (Å²) in [6.45, 7) is 5.65. The second-order valence-corrected chi connectivity index (χ2v) is 9.92. The maximum atomic E-state index is 14.1. The van der Waals surface area contributed by atoms with E-state index in [4.69, 9.17) is 4.74 Å². The van der Waals surface area contributed by atoms with Gasteiger partial charge in [0.1, 0.15) is 6.04 Å². The van der Waals surface area contributed by atoms with Crippen LogP contribution in [0.25, 0.3) is 0 Å².